The standard InChI is InChI=1S/C9H17NO3S/c11-5-2-7-14-8-4-10-3-1-6-13-9(10)12/h11H,1-8H2. The third-order valence-corrected chi connectivity index (χ3v) is 3.06. The summed E-state index contributed by atoms with van der Waals surface area (Å²) < 4.78 is 4.91. The summed E-state index contributed by atoms with van der Waals surface area (Å²) >= 11 is 1.76. The van der Waals surface area contributed by atoms with E-state index in [-0.39, 0.29) is 12.7 Å². The number of carbonyl (C=O) groups is 1. The maximum absolute atomic E-state index is 11.2. The fourth-order valence-corrected chi connectivity index (χ4v) is 2.13. The molecule has 0 aromatic heterocycles. The zero-order chi connectivity index (χ0) is 10.2. The van der Waals surface area contributed by atoms with Gasteiger partial charge in [0.15, 0.2) is 0 Å². The summed E-state index contributed by atoms with van der Waals surface area (Å²) in [5.41, 5.74) is 0. The number of aliphatic hydroxyl groups excluding tert-OH is 1. The lowest BCUT2D eigenvalue weighted by Gasteiger charge is -2.25. The third-order valence-electron chi connectivity index (χ3n) is 2.01. The highest BCUT2D eigenvalue weighted by molar-refractivity contribution is 7.99. The molecule has 1 fully saturated rings. The van der Waals surface area contributed by atoms with Crippen LogP contribution in [0.3, 0.4) is 0 Å². The van der Waals surface area contributed by atoms with E-state index in [1.807, 2.05) is 0 Å². The fourth-order valence-electron chi connectivity index (χ4n) is 1.24. The van der Waals surface area contributed by atoms with Crippen molar-refractivity contribution in [2.24, 2.45) is 0 Å². The van der Waals surface area contributed by atoms with E-state index in [1.54, 1.807) is 16.7 Å². The summed E-state index contributed by atoms with van der Waals surface area (Å²) in [4.78, 5) is 12.9. The van der Waals surface area contributed by atoms with Crippen LogP contribution >= 0.6 is 11.8 Å². The normalized spacial score (nSPS) is 16.9. The van der Waals surface area contributed by atoms with E-state index in [0.717, 1.165) is 37.4 Å². The van der Waals surface area contributed by atoms with Crippen molar-refractivity contribution in [2.75, 3.05) is 37.8 Å². The Balaban J connectivity index is 2.02. The molecule has 0 bridgehead atoms. The molecule has 82 valence electrons. The van der Waals surface area contributed by atoms with Crippen LogP contribution in [0.25, 0.3) is 0 Å². The van der Waals surface area contributed by atoms with E-state index in [9.17, 15) is 4.79 Å². The average Bonchev–Trinajstić information content (AvgIpc) is 2.20. The lowest BCUT2D eigenvalue weighted by Crippen LogP contribution is -2.39. The molecular formula is C9H17NO3S. The fraction of sp³-hybridized carbons (Fsp3) is 0.889. The second kappa shape index (κ2) is 6.95. The Morgan fingerprint density at radius 3 is 3.07 bits per heavy atom. The van der Waals surface area contributed by atoms with E-state index in [0.29, 0.717) is 6.61 Å². The Morgan fingerprint density at radius 1 is 1.50 bits per heavy atom. The maximum atomic E-state index is 11.2. The first-order valence-electron chi connectivity index (χ1n) is 4.95. The van der Waals surface area contributed by atoms with Crippen molar-refractivity contribution in [1.82, 2.24) is 4.90 Å². The van der Waals surface area contributed by atoms with Crippen molar-refractivity contribution in [3.05, 3.63) is 0 Å². The molecule has 4 nitrogen and oxygen atoms in total. The van der Waals surface area contributed by atoms with Gasteiger partial charge in [-0.25, -0.2) is 4.79 Å². The lowest BCUT2D eigenvalue weighted by molar-refractivity contribution is 0.0756. The van der Waals surface area contributed by atoms with Crippen LogP contribution in [0.15, 0.2) is 0 Å². The first kappa shape index (κ1) is 11.7. The molecule has 0 aliphatic carbocycles. The smallest absolute Gasteiger partial charge is 0.409 e. The van der Waals surface area contributed by atoms with Gasteiger partial charge in [-0.15, -0.1) is 0 Å². The van der Waals surface area contributed by atoms with E-state index in [4.69, 9.17) is 9.84 Å². The Labute approximate surface area is 88.6 Å². The molecule has 5 heteroatoms. The van der Waals surface area contributed by atoms with Crippen LogP contribution in [0.5, 0.6) is 0 Å². The first-order chi connectivity index (χ1) is 6.84. The van der Waals surface area contributed by atoms with Crippen molar-refractivity contribution in [3.63, 3.8) is 0 Å². The zero-order valence-corrected chi connectivity index (χ0v) is 9.09. The van der Waals surface area contributed by atoms with Crippen molar-refractivity contribution in [2.45, 2.75) is 12.8 Å². The Morgan fingerprint density at radius 2 is 2.36 bits per heavy atom. The van der Waals surface area contributed by atoms with E-state index < -0.39 is 0 Å². The number of hydrogen-bond donors (Lipinski definition) is 1. The largest absolute Gasteiger partial charge is 0.449 e. The van der Waals surface area contributed by atoms with Crippen LogP contribution < -0.4 is 0 Å². The molecule has 0 aromatic rings. The molecule has 14 heavy (non-hydrogen) atoms. The Hall–Kier alpha value is -0.420. The number of hydrogen-bond acceptors (Lipinski definition) is 4. The first-order valence-corrected chi connectivity index (χ1v) is 6.10. The second-order valence-corrected chi connectivity index (χ2v) is 4.37. The molecule has 0 unspecified atom stereocenters. The van der Waals surface area contributed by atoms with Gasteiger partial charge in [0.25, 0.3) is 0 Å². The van der Waals surface area contributed by atoms with Gasteiger partial charge in [-0.1, -0.05) is 0 Å². The summed E-state index contributed by atoms with van der Waals surface area (Å²) in [5, 5.41) is 8.56. The number of carbonyl (C=O) groups excluding carboxylic acids is 1. The van der Waals surface area contributed by atoms with Crippen LogP contribution in [0, 0.1) is 0 Å². The predicted octanol–water partition coefficient (Wildman–Crippen LogP) is 0.944. The van der Waals surface area contributed by atoms with Crippen LogP contribution in [0.2, 0.25) is 0 Å². The number of rotatable bonds is 6. The van der Waals surface area contributed by atoms with Crippen LogP contribution in [0.1, 0.15) is 12.8 Å². The second-order valence-electron chi connectivity index (χ2n) is 3.14. The molecule has 1 aliphatic heterocycles. The minimum atomic E-state index is -0.181. The lowest BCUT2D eigenvalue weighted by atomic mass is 10.4. The molecule has 1 saturated heterocycles. The van der Waals surface area contributed by atoms with E-state index >= 15 is 0 Å². The molecular weight excluding hydrogens is 202 g/mol. The number of cyclic esters (lactones) is 1. The molecule has 0 aromatic carbocycles. The SMILES string of the molecule is O=C1OCCCN1CCSCCCO. The third kappa shape index (κ3) is 4.19. The summed E-state index contributed by atoms with van der Waals surface area (Å²) in [6.07, 6.45) is 1.58. The molecule has 1 N–H and O–H groups in total. The molecule has 0 spiro atoms. The van der Waals surface area contributed by atoms with Gasteiger partial charge >= 0.3 is 6.09 Å². The van der Waals surface area contributed by atoms with E-state index in [1.165, 1.54) is 0 Å². The van der Waals surface area contributed by atoms with Crippen molar-refractivity contribution in [3.8, 4) is 0 Å². The molecule has 1 rings (SSSR count). The van der Waals surface area contributed by atoms with Gasteiger partial charge < -0.3 is 14.7 Å². The minimum Gasteiger partial charge on any atom is -0.449 e. The number of thioether (sulfide) groups is 1. The minimum absolute atomic E-state index is 0.181. The number of aliphatic hydroxyl groups is 1. The number of nitrogens with zero attached hydrogens (tertiary/aromatic N) is 1. The molecule has 0 radical (unpaired) electrons. The summed E-state index contributed by atoms with van der Waals surface area (Å²) in [5.74, 6) is 1.88. The molecule has 0 atom stereocenters. The number of ether oxygens (including phenoxy) is 1. The molecule has 1 amide bonds. The average molecular weight is 219 g/mol. The monoisotopic (exact) mass is 219 g/mol. The van der Waals surface area contributed by atoms with Gasteiger partial charge in [-0.05, 0) is 18.6 Å². The zero-order valence-electron chi connectivity index (χ0n) is 8.28. The molecule has 1 heterocycles. The highest BCUT2D eigenvalue weighted by Crippen LogP contribution is 2.07. The highest BCUT2D eigenvalue weighted by atomic mass is 32.2. The van der Waals surface area contributed by atoms with Crippen molar-refractivity contribution < 1.29 is 14.6 Å². The quantitative estimate of drug-likeness (QED) is 0.676. The van der Waals surface area contributed by atoms with Crippen LogP contribution in [-0.2, 0) is 4.74 Å². The highest BCUT2D eigenvalue weighted by Gasteiger charge is 2.18. The van der Waals surface area contributed by atoms with Gasteiger partial charge in [0.05, 0.1) is 6.61 Å². The van der Waals surface area contributed by atoms with Gasteiger partial charge in [0, 0.05) is 25.4 Å². The van der Waals surface area contributed by atoms with Crippen LogP contribution in [0.4, 0.5) is 4.79 Å². The summed E-state index contributed by atoms with van der Waals surface area (Å²) in [6.45, 7) is 2.39. The Kier molecular flexibility index (Phi) is 5.78. The van der Waals surface area contributed by atoms with Crippen molar-refractivity contribution in [1.29, 1.82) is 0 Å². The summed E-state index contributed by atoms with van der Waals surface area (Å²) in [7, 11) is 0. The van der Waals surface area contributed by atoms with Crippen molar-refractivity contribution >= 4 is 17.9 Å². The topological polar surface area (TPSA) is 49.8 Å². The predicted molar refractivity (Wildman–Crippen MR) is 56.6 cm³/mol. The maximum Gasteiger partial charge on any atom is 0.409 e. The van der Waals surface area contributed by atoms with Gasteiger partial charge in [-0.2, -0.15) is 11.8 Å². The van der Waals surface area contributed by atoms with Gasteiger partial charge in [-0.3, -0.25) is 0 Å². The van der Waals surface area contributed by atoms with Gasteiger partial charge in [0.2, 0.25) is 0 Å². The van der Waals surface area contributed by atoms with Gasteiger partial charge in [0.1, 0.15) is 0 Å². The summed E-state index contributed by atoms with van der Waals surface area (Å²) in [6, 6.07) is 0. The van der Waals surface area contributed by atoms with Crippen LogP contribution in [-0.4, -0.2) is 53.9 Å². The number of amides is 1. The molecule has 0 saturated carbocycles. The Bertz CT molecular complexity index is 177. The molecule has 1 aliphatic rings. The van der Waals surface area contributed by atoms with E-state index in [2.05, 4.69) is 0 Å².